The van der Waals surface area contributed by atoms with Crippen LogP contribution in [-0.2, 0) is 14.3 Å². The molecule has 4 rings (SSSR count). The predicted octanol–water partition coefficient (Wildman–Crippen LogP) is 5.48. The molecule has 3 aromatic rings. The summed E-state index contributed by atoms with van der Waals surface area (Å²) in [5, 5.41) is 2.86. The zero-order valence-electron chi connectivity index (χ0n) is 22.3. The SMILES string of the molecule is COC(=O)CC(=O)CN1CCC(Oc2cccc(NC(=O)c3ccccc3-c3ccc(OC(F)(F)F)cc3)c2)CC1. The molecule has 216 valence electrons. The highest BCUT2D eigenvalue weighted by molar-refractivity contribution is 6.08. The average molecular weight is 571 g/mol. The summed E-state index contributed by atoms with van der Waals surface area (Å²) in [6.07, 6.45) is -3.70. The molecule has 1 amide bonds. The van der Waals surface area contributed by atoms with E-state index in [0.29, 0.717) is 54.1 Å². The molecular formula is C30H29F3N2O6. The Morgan fingerprint density at radius 2 is 1.63 bits per heavy atom. The third-order valence-corrected chi connectivity index (χ3v) is 6.47. The summed E-state index contributed by atoms with van der Waals surface area (Å²) in [6, 6.07) is 19.1. The molecule has 0 aromatic heterocycles. The van der Waals surface area contributed by atoms with Crippen LogP contribution >= 0.6 is 0 Å². The Labute approximate surface area is 235 Å². The lowest BCUT2D eigenvalue weighted by Crippen LogP contribution is -2.41. The van der Waals surface area contributed by atoms with Gasteiger partial charge in [-0.2, -0.15) is 0 Å². The van der Waals surface area contributed by atoms with E-state index in [1.165, 1.54) is 31.4 Å². The molecular weight excluding hydrogens is 541 g/mol. The highest BCUT2D eigenvalue weighted by Gasteiger charge is 2.31. The van der Waals surface area contributed by atoms with Crippen LogP contribution in [0.1, 0.15) is 29.6 Å². The zero-order chi connectivity index (χ0) is 29.4. The van der Waals surface area contributed by atoms with Crippen molar-refractivity contribution >= 4 is 23.3 Å². The number of amides is 1. The van der Waals surface area contributed by atoms with E-state index in [2.05, 4.69) is 14.8 Å². The Morgan fingerprint density at radius 1 is 0.927 bits per heavy atom. The van der Waals surface area contributed by atoms with Crippen molar-refractivity contribution in [1.29, 1.82) is 0 Å². The first-order valence-corrected chi connectivity index (χ1v) is 12.9. The Kier molecular flexibility index (Phi) is 9.61. The van der Waals surface area contributed by atoms with E-state index in [-0.39, 0.29) is 30.6 Å². The number of ether oxygens (including phenoxy) is 3. The first-order valence-electron chi connectivity index (χ1n) is 12.9. The van der Waals surface area contributed by atoms with Gasteiger partial charge in [0.2, 0.25) is 0 Å². The van der Waals surface area contributed by atoms with Crippen LogP contribution in [0.5, 0.6) is 11.5 Å². The minimum Gasteiger partial charge on any atom is -0.490 e. The Bertz CT molecular complexity index is 1370. The normalized spacial score (nSPS) is 14.2. The fraction of sp³-hybridized carbons (Fsp3) is 0.300. The second-order valence-corrected chi connectivity index (χ2v) is 9.48. The van der Waals surface area contributed by atoms with Crippen molar-refractivity contribution in [2.24, 2.45) is 0 Å². The second-order valence-electron chi connectivity index (χ2n) is 9.48. The van der Waals surface area contributed by atoms with Crippen molar-refractivity contribution in [2.75, 3.05) is 32.1 Å². The minimum absolute atomic E-state index is 0.0714. The molecule has 0 unspecified atom stereocenters. The number of anilines is 1. The molecule has 1 fully saturated rings. The van der Waals surface area contributed by atoms with Crippen molar-refractivity contribution in [2.45, 2.75) is 31.7 Å². The van der Waals surface area contributed by atoms with Crippen molar-refractivity contribution < 1.29 is 41.8 Å². The van der Waals surface area contributed by atoms with Gasteiger partial charge in [0.05, 0.1) is 13.7 Å². The molecule has 0 spiro atoms. The molecule has 11 heteroatoms. The molecule has 0 atom stereocenters. The van der Waals surface area contributed by atoms with Crippen molar-refractivity contribution in [3.63, 3.8) is 0 Å². The number of nitrogens with zero attached hydrogens (tertiary/aromatic N) is 1. The van der Waals surface area contributed by atoms with Gasteiger partial charge in [0.1, 0.15) is 24.0 Å². The Hall–Kier alpha value is -4.38. The molecule has 8 nitrogen and oxygen atoms in total. The quantitative estimate of drug-likeness (QED) is 0.255. The van der Waals surface area contributed by atoms with Crippen molar-refractivity contribution in [3.05, 3.63) is 78.4 Å². The van der Waals surface area contributed by atoms with E-state index in [0.717, 1.165) is 0 Å². The van der Waals surface area contributed by atoms with Crippen LogP contribution in [0.4, 0.5) is 18.9 Å². The summed E-state index contributed by atoms with van der Waals surface area (Å²) in [4.78, 5) is 38.4. The van der Waals surface area contributed by atoms with E-state index < -0.39 is 18.2 Å². The van der Waals surface area contributed by atoms with E-state index in [4.69, 9.17) is 4.74 Å². The summed E-state index contributed by atoms with van der Waals surface area (Å²) in [7, 11) is 1.25. The molecule has 1 saturated heterocycles. The van der Waals surface area contributed by atoms with Crippen LogP contribution in [0.15, 0.2) is 72.8 Å². The van der Waals surface area contributed by atoms with E-state index in [1.807, 2.05) is 4.90 Å². The number of carbonyl (C=O) groups is 3. The molecule has 0 saturated carbocycles. The zero-order valence-corrected chi connectivity index (χ0v) is 22.3. The number of benzene rings is 3. The molecule has 1 aliphatic rings. The standard InChI is InChI=1S/C30H29F3N2O6/c1-39-28(37)18-22(36)19-35-15-13-23(14-16-35)40-25-6-4-5-21(17-25)34-29(38)27-8-3-2-7-26(27)20-9-11-24(12-10-20)41-30(31,32)33/h2-12,17,23H,13-16,18-19H2,1H3,(H,34,38). The maximum Gasteiger partial charge on any atom is 0.573 e. The van der Waals surface area contributed by atoms with Gasteiger partial charge in [-0.05, 0) is 54.3 Å². The number of alkyl halides is 3. The number of esters is 1. The molecule has 0 aliphatic carbocycles. The van der Waals surface area contributed by atoms with Gasteiger partial charge in [-0.1, -0.05) is 36.4 Å². The maximum atomic E-state index is 13.2. The Morgan fingerprint density at radius 3 is 2.32 bits per heavy atom. The van der Waals surface area contributed by atoms with Gasteiger partial charge in [-0.15, -0.1) is 13.2 Å². The third kappa shape index (κ3) is 8.81. The highest BCUT2D eigenvalue weighted by Crippen LogP contribution is 2.29. The number of nitrogens with one attached hydrogen (secondary N) is 1. The second kappa shape index (κ2) is 13.3. The van der Waals surface area contributed by atoms with Gasteiger partial charge in [-0.25, -0.2) is 0 Å². The highest BCUT2D eigenvalue weighted by atomic mass is 19.4. The Balaban J connectivity index is 1.35. The summed E-state index contributed by atoms with van der Waals surface area (Å²) < 4.78 is 52.1. The number of likely N-dealkylation sites (tertiary alicyclic amines) is 1. The molecule has 3 aromatic carbocycles. The first-order chi connectivity index (χ1) is 19.6. The van der Waals surface area contributed by atoms with Gasteiger partial charge in [0, 0.05) is 30.4 Å². The lowest BCUT2D eigenvalue weighted by molar-refractivity contribution is -0.274. The largest absolute Gasteiger partial charge is 0.573 e. The number of hydrogen-bond acceptors (Lipinski definition) is 7. The average Bonchev–Trinajstić information content (AvgIpc) is 2.94. The lowest BCUT2D eigenvalue weighted by Gasteiger charge is -2.31. The molecule has 1 N–H and O–H groups in total. The summed E-state index contributed by atoms with van der Waals surface area (Å²) in [6.45, 7) is 1.48. The van der Waals surface area contributed by atoms with Crippen molar-refractivity contribution in [3.8, 4) is 22.6 Å². The van der Waals surface area contributed by atoms with Gasteiger partial charge in [0.15, 0.2) is 5.78 Å². The number of Topliss-reactive ketones (excluding diaryl/α,β-unsaturated/α-hetero) is 1. The molecule has 1 heterocycles. The summed E-state index contributed by atoms with van der Waals surface area (Å²) in [5.74, 6) is -0.890. The van der Waals surface area contributed by atoms with Gasteiger partial charge < -0.3 is 19.5 Å². The fourth-order valence-corrected chi connectivity index (χ4v) is 4.53. The summed E-state index contributed by atoms with van der Waals surface area (Å²) >= 11 is 0. The number of piperidine rings is 1. The van der Waals surface area contributed by atoms with Gasteiger partial charge >= 0.3 is 12.3 Å². The monoisotopic (exact) mass is 570 g/mol. The molecule has 0 radical (unpaired) electrons. The minimum atomic E-state index is -4.79. The number of ketones is 1. The van der Waals surface area contributed by atoms with Crippen LogP contribution in [0.2, 0.25) is 0 Å². The number of carbonyl (C=O) groups excluding carboxylic acids is 3. The molecule has 0 bridgehead atoms. The topological polar surface area (TPSA) is 94.2 Å². The smallest absolute Gasteiger partial charge is 0.490 e. The molecule has 41 heavy (non-hydrogen) atoms. The van der Waals surface area contributed by atoms with Crippen LogP contribution in [0.25, 0.3) is 11.1 Å². The number of halogens is 3. The van der Waals surface area contributed by atoms with Crippen LogP contribution in [0, 0.1) is 0 Å². The van der Waals surface area contributed by atoms with Crippen LogP contribution in [-0.4, -0.2) is 61.8 Å². The fourth-order valence-electron chi connectivity index (χ4n) is 4.53. The van der Waals surface area contributed by atoms with Gasteiger partial charge in [-0.3, -0.25) is 19.3 Å². The van der Waals surface area contributed by atoms with E-state index >= 15 is 0 Å². The van der Waals surface area contributed by atoms with E-state index in [1.54, 1.807) is 48.5 Å². The lowest BCUT2D eigenvalue weighted by atomic mass is 9.99. The number of methoxy groups -OCH3 is 1. The van der Waals surface area contributed by atoms with E-state index in [9.17, 15) is 27.6 Å². The predicted molar refractivity (Wildman–Crippen MR) is 145 cm³/mol. The number of rotatable bonds is 10. The van der Waals surface area contributed by atoms with Crippen LogP contribution < -0.4 is 14.8 Å². The molecule has 1 aliphatic heterocycles. The van der Waals surface area contributed by atoms with Crippen LogP contribution in [0.3, 0.4) is 0 Å². The maximum absolute atomic E-state index is 13.2. The summed E-state index contributed by atoms with van der Waals surface area (Å²) in [5.41, 5.74) is 1.97. The number of hydrogen-bond donors (Lipinski definition) is 1. The van der Waals surface area contributed by atoms with Crippen molar-refractivity contribution in [1.82, 2.24) is 4.90 Å². The van der Waals surface area contributed by atoms with Gasteiger partial charge in [0.25, 0.3) is 5.91 Å². The third-order valence-electron chi connectivity index (χ3n) is 6.47. The first kappa shape index (κ1) is 29.6.